The number of carbonyl (C=O) groups is 1. The average Bonchev–Trinajstić information content (AvgIpc) is 2.64. The number of aliphatic hydroxyl groups is 2. The van der Waals surface area contributed by atoms with Crippen molar-refractivity contribution in [2.75, 3.05) is 6.54 Å². The summed E-state index contributed by atoms with van der Waals surface area (Å²) in [4.78, 5) is 31.3. The number of aryl methyl sites for hydroxylation is 1. The second kappa shape index (κ2) is 9.14. The van der Waals surface area contributed by atoms with Crippen molar-refractivity contribution in [2.24, 2.45) is 0 Å². The number of rotatable bonds is 4. The molecule has 1 aromatic heterocycles. The van der Waals surface area contributed by atoms with Gasteiger partial charge in [0.15, 0.2) is 0 Å². The second-order valence-electron chi connectivity index (χ2n) is 9.16. The molecule has 1 fully saturated rings. The molecular weight excluding hydrogens is 422 g/mol. The molecule has 3 atom stereocenters. The fourth-order valence-corrected chi connectivity index (χ4v) is 4.26. The summed E-state index contributed by atoms with van der Waals surface area (Å²) in [6, 6.07) is 2.71. The molecule has 0 saturated carbocycles. The lowest BCUT2D eigenvalue weighted by Crippen LogP contribution is -2.53. The minimum absolute atomic E-state index is 0.0152. The lowest BCUT2D eigenvalue weighted by Gasteiger charge is -2.40. The van der Waals surface area contributed by atoms with Gasteiger partial charge < -0.3 is 19.8 Å². The van der Waals surface area contributed by atoms with Crippen molar-refractivity contribution in [1.82, 2.24) is 14.5 Å². The Labute approximate surface area is 186 Å². The van der Waals surface area contributed by atoms with Gasteiger partial charge in [0.2, 0.25) is 0 Å². The van der Waals surface area contributed by atoms with Gasteiger partial charge in [0.1, 0.15) is 5.60 Å². The van der Waals surface area contributed by atoms with Crippen LogP contribution in [0.3, 0.4) is 0 Å². The van der Waals surface area contributed by atoms with Crippen molar-refractivity contribution in [1.29, 1.82) is 0 Å². The molecular formula is C22H30ClN3O5. The number of piperidine rings is 1. The Kier molecular flexibility index (Phi) is 6.93. The maximum atomic E-state index is 12.9. The van der Waals surface area contributed by atoms with E-state index in [-0.39, 0.29) is 18.5 Å². The minimum atomic E-state index is -0.972. The number of amides is 1. The number of carbonyl (C=O) groups excluding carboxylic acids is 1. The Morgan fingerprint density at radius 2 is 2.10 bits per heavy atom. The number of nitrogens with zero attached hydrogens (tertiary/aromatic N) is 3. The fourth-order valence-electron chi connectivity index (χ4n) is 3.98. The molecule has 1 saturated heterocycles. The standard InChI is InChI=1S/C22H30ClN3O5/c1-13-8-14(23)9-16-19(13)24-12-25(20(16)29)11-15(27)10-17-18(28)6-5-7-26(17)21(30)31-22(2,3)4/h8-9,12,15,17-18,27-28H,5-7,10-11H2,1-4H3/t15-,17+,18-/m0/s1. The third-order valence-electron chi connectivity index (χ3n) is 5.38. The van der Waals surface area contributed by atoms with Crippen LogP contribution in [-0.4, -0.2) is 61.2 Å². The van der Waals surface area contributed by atoms with E-state index in [4.69, 9.17) is 16.3 Å². The highest BCUT2D eigenvalue weighted by atomic mass is 35.5. The van der Waals surface area contributed by atoms with Crippen LogP contribution in [0.4, 0.5) is 4.79 Å². The van der Waals surface area contributed by atoms with Crippen molar-refractivity contribution < 1.29 is 19.7 Å². The first-order chi connectivity index (χ1) is 14.5. The molecule has 3 rings (SSSR count). The predicted molar refractivity (Wildman–Crippen MR) is 118 cm³/mol. The third-order valence-corrected chi connectivity index (χ3v) is 5.59. The van der Waals surface area contributed by atoms with Gasteiger partial charge in [-0.25, -0.2) is 9.78 Å². The number of aromatic nitrogens is 2. The Balaban J connectivity index is 1.78. The summed E-state index contributed by atoms with van der Waals surface area (Å²) in [6.07, 6.45) is 0.437. The summed E-state index contributed by atoms with van der Waals surface area (Å²) in [6.45, 7) is 7.60. The quantitative estimate of drug-likeness (QED) is 0.740. The monoisotopic (exact) mass is 451 g/mol. The van der Waals surface area contributed by atoms with E-state index in [1.54, 1.807) is 32.9 Å². The lowest BCUT2D eigenvalue weighted by molar-refractivity contribution is -0.0368. The van der Waals surface area contributed by atoms with Crippen LogP contribution >= 0.6 is 11.6 Å². The van der Waals surface area contributed by atoms with E-state index in [1.165, 1.54) is 15.8 Å². The number of hydrogen-bond donors (Lipinski definition) is 2. The Bertz CT molecular complexity index is 1020. The van der Waals surface area contributed by atoms with Crippen LogP contribution in [0.1, 0.15) is 45.6 Å². The number of hydrogen-bond acceptors (Lipinski definition) is 6. The molecule has 0 bridgehead atoms. The van der Waals surface area contributed by atoms with Crippen molar-refractivity contribution in [2.45, 2.75) is 77.4 Å². The van der Waals surface area contributed by atoms with Crippen LogP contribution in [0.25, 0.3) is 10.9 Å². The smallest absolute Gasteiger partial charge is 0.410 e. The molecule has 1 amide bonds. The molecule has 1 aliphatic rings. The predicted octanol–water partition coefficient (Wildman–Crippen LogP) is 2.87. The molecule has 0 spiro atoms. The van der Waals surface area contributed by atoms with Gasteiger partial charge in [-0.15, -0.1) is 0 Å². The highest BCUT2D eigenvalue weighted by Crippen LogP contribution is 2.25. The normalized spacial score (nSPS) is 20.7. The van der Waals surface area contributed by atoms with E-state index >= 15 is 0 Å². The van der Waals surface area contributed by atoms with Crippen molar-refractivity contribution in [3.05, 3.63) is 39.4 Å². The molecule has 2 N–H and O–H groups in total. The number of halogens is 1. The van der Waals surface area contributed by atoms with E-state index in [2.05, 4.69) is 4.98 Å². The van der Waals surface area contributed by atoms with Gasteiger partial charge in [0.25, 0.3) is 5.56 Å². The average molecular weight is 452 g/mol. The highest BCUT2D eigenvalue weighted by Gasteiger charge is 2.37. The van der Waals surface area contributed by atoms with Crippen LogP contribution in [0.5, 0.6) is 0 Å². The van der Waals surface area contributed by atoms with E-state index in [9.17, 15) is 19.8 Å². The highest BCUT2D eigenvalue weighted by molar-refractivity contribution is 6.31. The summed E-state index contributed by atoms with van der Waals surface area (Å²) < 4.78 is 6.79. The van der Waals surface area contributed by atoms with Crippen LogP contribution in [-0.2, 0) is 11.3 Å². The summed E-state index contributed by atoms with van der Waals surface area (Å²) >= 11 is 6.09. The molecule has 31 heavy (non-hydrogen) atoms. The van der Waals surface area contributed by atoms with Gasteiger partial charge in [-0.2, -0.15) is 0 Å². The van der Waals surface area contributed by atoms with Crippen molar-refractivity contribution in [3.8, 4) is 0 Å². The zero-order chi connectivity index (χ0) is 22.9. The number of fused-ring (bicyclic) bond motifs is 1. The van der Waals surface area contributed by atoms with Gasteiger partial charge in [-0.3, -0.25) is 9.36 Å². The number of benzene rings is 1. The summed E-state index contributed by atoms with van der Waals surface area (Å²) in [5, 5.41) is 22.0. The third kappa shape index (κ3) is 5.56. The van der Waals surface area contributed by atoms with Gasteiger partial charge in [0, 0.05) is 11.6 Å². The Morgan fingerprint density at radius 3 is 2.77 bits per heavy atom. The lowest BCUT2D eigenvalue weighted by atomic mass is 9.94. The molecule has 170 valence electrons. The molecule has 1 aromatic carbocycles. The van der Waals surface area contributed by atoms with E-state index < -0.39 is 29.9 Å². The fraction of sp³-hybridized carbons (Fsp3) is 0.591. The van der Waals surface area contributed by atoms with Gasteiger partial charge in [-0.1, -0.05) is 11.6 Å². The maximum absolute atomic E-state index is 12.9. The molecule has 2 heterocycles. The Hall–Kier alpha value is -2.16. The van der Waals surface area contributed by atoms with E-state index in [0.29, 0.717) is 35.3 Å². The number of ether oxygens (including phenoxy) is 1. The summed E-state index contributed by atoms with van der Waals surface area (Å²) in [5.41, 5.74) is 0.402. The van der Waals surface area contributed by atoms with Crippen LogP contribution in [0.15, 0.2) is 23.3 Å². The van der Waals surface area contributed by atoms with Crippen molar-refractivity contribution in [3.63, 3.8) is 0 Å². The van der Waals surface area contributed by atoms with E-state index in [0.717, 1.165) is 5.56 Å². The molecule has 1 aliphatic heterocycles. The molecule has 0 radical (unpaired) electrons. The molecule has 8 nitrogen and oxygen atoms in total. The maximum Gasteiger partial charge on any atom is 0.410 e. The van der Waals surface area contributed by atoms with Crippen LogP contribution < -0.4 is 5.56 Å². The van der Waals surface area contributed by atoms with Gasteiger partial charge in [0.05, 0.1) is 42.0 Å². The molecule has 2 aromatic rings. The minimum Gasteiger partial charge on any atom is -0.444 e. The second-order valence-corrected chi connectivity index (χ2v) is 9.60. The first-order valence-electron chi connectivity index (χ1n) is 10.5. The summed E-state index contributed by atoms with van der Waals surface area (Å²) in [5.74, 6) is 0. The SMILES string of the molecule is Cc1cc(Cl)cc2c(=O)n(C[C@@H](O)C[C@@H]3[C@@H](O)CCCN3C(=O)OC(C)(C)C)cnc12. The number of likely N-dealkylation sites (tertiary alicyclic amines) is 1. The zero-order valence-corrected chi connectivity index (χ0v) is 19.1. The van der Waals surface area contributed by atoms with Crippen molar-refractivity contribution >= 4 is 28.6 Å². The summed E-state index contributed by atoms with van der Waals surface area (Å²) in [7, 11) is 0. The Morgan fingerprint density at radius 1 is 1.39 bits per heavy atom. The zero-order valence-electron chi connectivity index (χ0n) is 18.3. The molecule has 9 heteroatoms. The van der Waals surface area contributed by atoms with Crippen LogP contribution in [0, 0.1) is 6.92 Å². The van der Waals surface area contributed by atoms with E-state index in [1.807, 2.05) is 6.92 Å². The largest absolute Gasteiger partial charge is 0.444 e. The van der Waals surface area contributed by atoms with Gasteiger partial charge >= 0.3 is 6.09 Å². The molecule has 0 unspecified atom stereocenters. The molecule has 0 aliphatic carbocycles. The van der Waals surface area contributed by atoms with Crippen LogP contribution in [0.2, 0.25) is 5.02 Å². The van der Waals surface area contributed by atoms with Gasteiger partial charge in [-0.05, 0) is 64.7 Å². The topological polar surface area (TPSA) is 105 Å². The first-order valence-corrected chi connectivity index (χ1v) is 10.8. The number of aliphatic hydroxyl groups excluding tert-OH is 2. The first kappa shape index (κ1) is 23.5.